The van der Waals surface area contributed by atoms with Gasteiger partial charge in [0, 0.05) is 13.0 Å². The Morgan fingerprint density at radius 1 is 1.37 bits per heavy atom. The van der Waals surface area contributed by atoms with Gasteiger partial charge in [-0.05, 0) is 24.6 Å². The molecule has 19 heavy (non-hydrogen) atoms. The van der Waals surface area contributed by atoms with Crippen molar-refractivity contribution in [2.75, 3.05) is 13.2 Å². The van der Waals surface area contributed by atoms with Crippen LogP contribution in [0.15, 0.2) is 24.3 Å². The number of benzene rings is 1. The Labute approximate surface area is 110 Å². The standard InChI is InChI=1S/C13H16FNO4/c1-2-19-8-12(16)15-11(13(17)18)7-9-3-5-10(14)6-4-9/h3-6,11H,2,7-8H2,1H3,(H,15,16)(H,17,18)/t11-/m1/s1. The number of carbonyl (C=O) groups excluding carboxylic acids is 1. The topological polar surface area (TPSA) is 75.6 Å². The lowest BCUT2D eigenvalue weighted by Crippen LogP contribution is -2.43. The van der Waals surface area contributed by atoms with E-state index in [1.807, 2.05) is 0 Å². The number of halogens is 1. The molecular weight excluding hydrogens is 253 g/mol. The Balaban J connectivity index is 2.60. The van der Waals surface area contributed by atoms with Crippen LogP contribution in [0.4, 0.5) is 4.39 Å². The van der Waals surface area contributed by atoms with Gasteiger partial charge in [-0.1, -0.05) is 12.1 Å². The first kappa shape index (κ1) is 15.1. The fourth-order valence-corrected chi connectivity index (χ4v) is 1.49. The number of ether oxygens (including phenoxy) is 1. The molecule has 0 aliphatic carbocycles. The summed E-state index contributed by atoms with van der Waals surface area (Å²) >= 11 is 0. The third kappa shape index (κ3) is 5.48. The maximum Gasteiger partial charge on any atom is 0.326 e. The van der Waals surface area contributed by atoms with E-state index in [9.17, 15) is 14.0 Å². The fraction of sp³-hybridized carbons (Fsp3) is 0.385. The van der Waals surface area contributed by atoms with Crippen LogP contribution in [0.1, 0.15) is 12.5 Å². The first-order chi connectivity index (χ1) is 9.02. The molecule has 0 bridgehead atoms. The largest absolute Gasteiger partial charge is 0.480 e. The van der Waals surface area contributed by atoms with Crippen LogP contribution in [-0.4, -0.2) is 36.2 Å². The van der Waals surface area contributed by atoms with Crippen molar-refractivity contribution >= 4 is 11.9 Å². The summed E-state index contributed by atoms with van der Waals surface area (Å²) in [4.78, 5) is 22.5. The van der Waals surface area contributed by atoms with Gasteiger partial charge in [0.05, 0.1) is 0 Å². The van der Waals surface area contributed by atoms with Crippen LogP contribution in [0, 0.1) is 5.82 Å². The lowest BCUT2D eigenvalue weighted by atomic mass is 10.1. The average molecular weight is 269 g/mol. The monoisotopic (exact) mass is 269 g/mol. The minimum absolute atomic E-state index is 0.0908. The molecule has 5 nitrogen and oxygen atoms in total. The number of amides is 1. The highest BCUT2D eigenvalue weighted by Crippen LogP contribution is 2.06. The van der Waals surface area contributed by atoms with Crippen LogP contribution in [0.5, 0.6) is 0 Å². The molecule has 0 aliphatic rings. The van der Waals surface area contributed by atoms with Gasteiger partial charge in [-0.15, -0.1) is 0 Å². The molecule has 0 unspecified atom stereocenters. The molecule has 1 atom stereocenters. The molecule has 0 aliphatic heterocycles. The highest BCUT2D eigenvalue weighted by molar-refractivity contribution is 5.84. The van der Waals surface area contributed by atoms with Crippen molar-refractivity contribution in [3.8, 4) is 0 Å². The summed E-state index contributed by atoms with van der Waals surface area (Å²) in [6, 6.07) is 4.41. The SMILES string of the molecule is CCOCC(=O)N[C@H](Cc1ccc(F)cc1)C(=O)O. The molecule has 0 saturated heterocycles. The molecule has 1 aromatic rings. The third-order valence-electron chi connectivity index (χ3n) is 2.42. The maximum absolute atomic E-state index is 12.7. The number of rotatable bonds is 7. The summed E-state index contributed by atoms with van der Waals surface area (Å²) in [7, 11) is 0. The van der Waals surface area contributed by atoms with Gasteiger partial charge >= 0.3 is 5.97 Å². The van der Waals surface area contributed by atoms with E-state index >= 15 is 0 Å². The van der Waals surface area contributed by atoms with Crippen LogP contribution in [0.3, 0.4) is 0 Å². The maximum atomic E-state index is 12.7. The van der Waals surface area contributed by atoms with Crippen molar-refractivity contribution in [2.24, 2.45) is 0 Å². The molecule has 2 N–H and O–H groups in total. The Hall–Kier alpha value is -1.95. The summed E-state index contributed by atoms with van der Waals surface area (Å²) < 4.78 is 17.6. The van der Waals surface area contributed by atoms with E-state index < -0.39 is 23.7 Å². The van der Waals surface area contributed by atoms with Crippen LogP contribution in [0.2, 0.25) is 0 Å². The van der Waals surface area contributed by atoms with Crippen molar-refractivity contribution in [3.63, 3.8) is 0 Å². The van der Waals surface area contributed by atoms with Crippen LogP contribution >= 0.6 is 0 Å². The lowest BCUT2D eigenvalue weighted by molar-refractivity contribution is -0.142. The Bertz CT molecular complexity index is 433. The van der Waals surface area contributed by atoms with E-state index in [0.717, 1.165) is 0 Å². The molecular formula is C13H16FNO4. The number of carboxylic acids is 1. The molecule has 0 aromatic heterocycles. The molecule has 0 heterocycles. The fourth-order valence-electron chi connectivity index (χ4n) is 1.49. The van der Waals surface area contributed by atoms with Gasteiger partial charge in [-0.2, -0.15) is 0 Å². The van der Waals surface area contributed by atoms with Crippen LogP contribution < -0.4 is 5.32 Å². The Morgan fingerprint density at radius 3 is 2.53 bits per heavy atom. The molecule has 0 saturated carbocycles. The highest BCUT2D eigenvalue weighted by atomic mass is 19.1. The van der Waals surface area contributed by atoms with E-state index in [0.29, 0.717) is 12.2 Å². The van der Waals surface area contributed by atoms with Gasteiger partial charge in [-0.3, -0.25) is 4.79 Å². The number of carbonyl (C=O) groups is 2. The predicted octanol–water partition coefficient (Wildman–Crippen LogP) is 0.974. The molecule has 1 aromatic carbocycles. The first-order valence-electron chi connectivity index (χ1n) is 5.87. The molecule has 104 valence electrons. The van der Waals surface area contributed by atoms with Crippen molar-refractivity contribution in [3.05, 3.63) is 35.6 Å². The number of aliphatic carboxylic acids is 1. The van der Waals surface area contributed by atoms with E-state index in [1.165, 1.54) is 24.3 Å². The highest BCUT2D eigenvalue weighted by Gasteiger charge is 2.20. The van der Waals surface area contributed by atoms with Gasteiger partial charge < -0.3 is 15.2 Å². The van der Waals surface area contributed by atoms with Gasteiger partial charge in [0.15, 0.2) is 0 Å². The lowest BCUT2D eigenvalue weighted by Gasteiger charge is -2.14. The minimum atomic E-state index is -1.14. The summed E-state index contributed by atoms with van der Waals surface area (Å²) in [5.74, 6) is -2.03. The van der Waals surface area contributed by atoms with E-state index in [4.69, 9.17) is 9.84 Å². The van der Waals surface area contributed by atoms with Crippen molar-refractivity contribution in [1.29, 1.82) is 0 Å². The number of nitrogens with one attached hydrogen (secondary N) is 1. The second-order valence-corrected chi connectivity index (χ2v) is 3.93. The average Bonchev–Trinajstić information content (AvgIpc) is 2.38. The van der Waals surface area contributed by atoms with Gasteiger partial charge in [-0.25, -0.2) is 9.18 Å². The van der Waals surface area contributed by atoms with E-state index in [2.05, 4.69) is 5.32 Å². The quantitative estimate of drug-likeness (QED) is 0.773. The molecule has 0 fully saturated rings. The van der Waals surface area contributed by atoms with Crippen molar-refractivity contribution in [1.82, 2.24) is 5.32 Å². The zero-order chi connectivity index (χ0) is 14.3. The predicted molar refractivity (Wildman–Crippen MR) is 66.2 cm³/mol. The normalized spacial score (nSPS) is 11.9. The van der Waals surface area contributed by atoms with Crippen molar-refractivity contribution < 1.29 is 23.8 Å². The summed E-state index contributed by atoms with van der Waals surface area (Å²) in [5.41, 5.74) is 0.630. The Morgan fingerprint density at radius 2 is 2.00 bits per heavy atom. The Kier molecular flexibility index (Phi) is 5.95. The molecule has 1 rings (SSSR count). The zero-order valence-corrected chi connectivity index (χ0v) is 10.6. The van der Waals surface area contributed by atoms with E-state index in [-0.39, 0.29) is 13.0 Å². The summed E-state index contributed by atoms with van der Waals surface area (Å²) in [6.07, 6.45) is 0.0908. The van der Waals surface area contributed by atoms with Gasteiger partial charge in [0.1, 0.15) is 18.5 Å². The number of hydrogen-bond acceptors (Lipinski definition) is 3. The zero-order valence-electron chi connectivity index (χ0n) is 10.6. The van der Waals surface area contributed by atoms with Gasteiger partial charge in [0.2, 0.25) is 5.91 Å². The molecule has 1 amide bonds. The second kappa shape index (κ2) is 7.48. The second-order valence-electron chi connectivity index (χ2n) is 3.93. The molecule has 0 spiro atoms. The van der Waals surface area contributed by atoms with Crippen molar-refractivity contribution in [2.45, 2.75) is 19.4 Å². The minimum Gasteiger partial charge on any atom is -0.480 e. The van der Waals surface area contributed by atoms with Crippen LogP contribution in [-0.2, 0) is 20.7 Å². The number of carboxylic acid groups (broad SMARTS) is 1. The third-order valence-corrected chi connectivity index (χ3v) is 2.42. The summed E-state index contributed by atoms with van der Waals surface area (Å²) in [6.45, 7) is 1.94. The van der Waals surface area contributed by atoms with Crippen LogP contribution in [0.25, 0.3) is 0 Å². The summed E-state index contributed by atoms with van der Waals surface area (Å²) in [5, 5.41) is 11.4. The smallest absolute Gasteiger partial charge is 0.326 e. The first-order valence-corrected chi connectivity index (χ1v) is 5.87. The van der Waals surface area contributed by atoms with E-state index in [1.54, 1.807) is 6.92 Å². The number of hydrogen-bond donors (Lipinski definition) is 2. The molecule has 0 radical (unpaired) electrons. The molecule has 6 heteroatoms. The van der Waals surface area contributed by atoms with Gasteiger partial charge in [0.25, 0.3) is 0 Å².